The van der Waals surface area contributed by atoms with Gasteiger partial charge in [-0.05, 0) is 13.8 Å². The smallest absolute Gasteiger partial charge is 0.321 e. The predicted octanol–water partition coefficient (Wildman–Crippen LogP) is 0.476. The molecule has 1 aromatic heterocycles. The second-order valence-corrected chi connectivity index (χ2v) is 4.96. The largest absolute Gasteiger partial charge is 0.341 e. The maximum atomic E-state index is 11.6. The minimum atomic E-state index is -0.474. The van der Waals surface area contributed by atoms with E-state index in [1.165, 1.54) is 7.05 Å². The van der Waals surface area contributed by atoms with Crippen LogP contribution in [0.4, 0.5) is 4.79 Å². The molecule has 0 aliphatic heterocycles. The third kappa shape index (κ3) is 5.40. The molecule has 7 nitrogen and oxygen atoms in total. The highest BCUT2D eigenvalue weighted by Gasteiger charge is 2.14. The molecule has 0 aliphatic carbocycles. The lowest BCUT2D eigenvalue weighted by Gasteiger charge is -2.25. The summed E-state index contributed by atoms with van der Waals surface area (Å²) in [6, 6.07) is -0.165. The second-order valence-electron chi connectivity index (χ2n) is 4.96. The molecule has 0 radical (unpaired) electrons. The summed E-state index contributed by atoms with van der Waals surface area (Å²) in [4.78, 5) is 24.8. The number of nitrogens with one attached hydrogen (secondary N) is 2. The van der Waals surface area contributed by atoms with Crippen LogP contribution in [0.25, 0.3) is 0 Å². The molecule has 112 valence electrons. The van der Waals surface area contributed by atoms with Gasteiger partial charge in [-0.2, -0.15) is 5.10 Å². The molecule has 0 unspecified atom stereocenters. The van der Waals surface area contributed by atoms with E-state index in [2.05, 4.69) is 34.5 Å². The Kier molecular flexibility index (Phi) is 6.17. The molecule has 0 saturated carbocycles. The first kappa shape index (κ1) is 16.2. The van der Waals surface area contributed by atoms with Crippen LogP contribution in [0.1, 0.15) is 25.8 Å². The van der Waals surface area contributed by atoms with Gasteiger partial charge in [0, 0.05) is 51.4 Å². The molecule has 1 rings (SSSR count). The Morgan fingerprint density at radius 2 is 2.15 bits per heavy atom. The van der Waals surface area contributed by atoms with Crippen molar-refractivity contribution in [3.8, 4) is 0 Å². The second kappa shape index (κ2) is 7.64. The molecule has 0 aromatic carbocycles. The first-order chi connectivity index (χ1) is 9.42. The first-order valence-corrected chi connectivity index (χ1v) is 6.65. The SMILES string of the molecule is CNC(=O)NC(=O)CCN(Cc1cnn(C)c1)C(C)C. The number of nitrogens with zero attached hydrogens (tertiary/aromatic N) is 3. The summed E-state index contributed by atoms with van der Waals surface area (Å²) in [6.07, 6.45) is 4.06. The van der Waals surface area contributed by atoms with Crippen molar-refractivity contribution in [2.24, 2.45) is 7.05 Å². The number of rotatable bonds is 6. The molecule has 1 heterocycles. The highest BCUT2D eigenvalue weighted by molar-refractivity contribution is 5.94. The summed E-state index contributed by atoms with van der Waals surface area (Å²) >= 11 is 0. The number of carbonyl (C=O) groups is 2. The maximum Gasteiger partial charge on any atom is 0.321 e. The highest BCUT2D eigenvalue weighted by atomic mass is 16.2. The number of urea groups is 1. The fourth-order valence-electron chi connectivity index (χ4n) is 1.80. The lowest BCUT2D eigenvalue weighted by molar-refractivity contribution is -0.120. The Morgan fingerprint density at radius 3 is 2.65 bits per heavy atom. The maximum absolute atomic E-state index is 11.6. The van der Waals surface area contributed by atoms with Crippen LogP contribution in [0, 0.1) is 0 Å². The summed E-state index contributed by atoms with van der Waals surface area (Å²) < 4.78 is 1.76. The van der Waals surface area contributed by atoms with Gasteiger partial charge in [0.15, 0.2) is 0 Å². The van der Waals surface area contributed by atoms with Crippen LogP contribution in [0.2, 0.25) is 0 Å². The van der Waals surface area contributed by atoms with Crippen molar-refractivity contribution in [3.63, 3.8) is 0 Å². The lowest BCUT2D eigenvalue weighted by atomic mass is 10.2. The third-order valence-corrected chi connectivity index (χ3v) is 2.98. The van der Waals surface area contributed by atoms with Gasteiger partial charge in [-0.1, -0.05) is 0 Å². The van der Waals surface area contributed by atoms with Gasteiger partial charge in [0.25, 0.3) is 0 Å². The monoisotopic (exact) mass is 281 g/mol. The zero-order valence-electron chi connectivity index (χ0n) is 12.5. The van der Waals surface area contributed by atoms with Crippen LogP contribution < -0.4 is 10.6 Å². The number of carbonyl (C=O) groups excluding carboxylic acids is 2. The number of aryl methyl sites for hydroxylation is 1. The quantitative estimate of drug-likeness (QED) is 0.794. The Labute approximate surface area is 119 Å². The van der Waals surface area contributed by atoms with E-state index in [4.69, 9.17) is 0 Å². The van der Waals surface area contributed by atoms with Gasteiger partial charge in [-0.25, -0.2) is 4.79 Å². The van der Waals surface area contributed by atoms with Crippen LogP contribution in [-0.2, 0) is 18.4 Å². The van der Waals surface area contributed by atoms with Crippen molar-refractivity contribution < 1.29 is 9.59 Å². The van der Waals surface area contributed by atoms with E-state index in [-0.39, 0.29) is 12.3 Å². The Balaban J connectivity index is 2.47. The fraction of sp³-hybridized carbons (Fsp3) is 0.615. The molecular weight excluding hydrogens is 258 g/mol. The number of imide groups is 1. The zero-order chi connectivity index (χ0) is 15.1. The molecule has 0 atom stereocenters. The van der Waals surface area contributed by atoms with Crippen LogP contribution >= 0.6 is 0 Å². The van der Waals surface area contributed by atoms with E-state index in [0.717, 1.165) is 12.1 Å². The van der Waals surface area contributed by atoms with Crippen LogP contribution in [0.15, 0.2) is 12.4 Å². The Hall–Kier alpha value is -1.89. The van der Waals surface area contributed by atoms with E-state index in [9.17, 15) is 9.59 Å². The average Bonchev–Trinajstić information content (AvgIpc) is 2.79. The molecule has 0 aliphatic rings. The molecule has 7 heteroatoms. The minimum Gasteiger partial charge on any atom is -0.341 e. The highest BCUT2D eigenvalue weighted by Crippen LogP contribution is 2.08. The Bertz CT molecular complexity index is 455. The van der Waals surface area contributed by atoms with Crippen molar-refractivity contribution in [1.29, 1.82) is 0 Å². The third-order valence-electron chi connectivity index (χ3n) is 2.98. The summed E-state index contributed by atoms with van der Waals surface area (Å²) in [7, 11) is 3.35. The molecule has 20 heavy (non-hydrogen) atoms. The summed E-state index contributed by atoms with van der Waals surface area (Å²) in [5.41, 5.74) is 1.10. The van der Waals surface area contributed by atoms with E-state index in [0.29, 0.717) is 12.6 Å². The topological polar surface area (TPSA) is 79.3 Å². The van der Waals surface area contributed by atoms with Gasteiger partial charge < -0.3 is 5.32 Å². The lowest BCUT2D eigenvalue weighted by Crippen LogP contribution is -2.40. The van der Waals surface area contributed by atoms with Gasteiger partial charge in [-0.3, -0.25) is 19.7 Å². The van der Waals surface area contributed by atoms with Gasteiger partial charge in [0.1, 0.15) is 0 Å². The number of hydrogen-bond donors (Lipinski definition) is 2. The average molecular weight is 281 g/mol. The van der Waals surface area contributed by atoms with Crippen LogP contribution in [0.5, 0.6) is 0 Å². The molecule has 2 N–H and O–H groups in total. The van der Waals surface area contributed by atoms with E-state index < -0.39 is 6.03 Å². The number of aromatic nitrogens is 2. The number of amides is 3. The molecule has 3 amide bonds. The van der Waals surface area contributed by atoms with E-state index in [1.54, 1.807) is 4.68 Å². The molecular formula is C13H23N5O2. The van der Waals surface area contributed by atoms with Crippen molar-refractivity contribution in [2.45, 2.75) is 32.9 Å². The number of hydrogen-bond acceptors (Lipinski definition) is 4. The minimum absolute atomic E-state index is 0.277. The van der Waals surface area contributed by atoms with Crippen LogP contribution in [-0.4, -0.2) is 46.3 Å². The molecule has 0 spiro atoms. The predicted molar refractivity (Wildman–Crippen MR) is 76.0 cm³/mol. The summed E-state index contributed by atoms with van der Waals surface area (Å²) in [5, 5.41) is 8.75. The van der Waals surface area contributed by atoms with Crippen molar-refractivity contribution in [3.05, 3.63) is 18.0 Å². The van der Waals surface area contributed by atoms with E-state index in [1.807, 2.05) is 19.4 Å². The normalized spacial score (nSPS) is 10.9. The zero-order valence-corrected chi connectivity index (χ0v) is 12.5. The molecule has 0 bridgehead atoms. The van der Waals surface area contributed by atoms with Crippen molar-refractivity contribution in [2.75, 3.05) is 13.6 Å². The molecule has 1 aromatic rings. The van der Waals surface area contributed by atoms with Crippen molar-refractivity contribution >= 4 is 11.9 Å². The molecule has 0 fully saturated rings. The fourth-order valence-corrected chi connectivity index (χ4v) is 1.80. The van der Waals surface area contributed by atoms with Crippen molar-refractivity contribution in [1.82, 2.24) is 25.3 Å². The van der Waals surface area contributed by atoms with Gasteiger partial charge in [0.2, 0.25) is 5.91 Å². The summed E-state index contributed by atoms with van der Waals surface area (Å²) in [5.74, 6) is -0.277. The van der Waals surface area contributed by atoms with Gasteiger partial charge in [0.05, 0.1) is 6.20 Å². The van der Waals surface area contributed by atoms with Gasteiger partial charge >= 0.3 is 6.03 Å². The summed E-state index contributed by atoms with van der Waals surface area (Å²) in [6.45, 7) is 5.48. The molecule has 0 saturated heterocycles. The first-order valence-electron chi connectivity index (χ1n) is 6.65. The van der Waals surface area contributed by atoms with E-state index >= 15 is 0 Å². The van der Waals surface area contributed by atoms with Gasteiger partial charge in [-0.15, -0.1) is 0 Å². The van der Waals surface area contributed by atoms with Crippen LogP contribution in [0.3, 0.4) is 0 Å². The standard InChI is InChI=1S/C13H23N5O2/c1-10(2)18(9-11-7-15-17(4)8-11)6-5-12(19)16-13(20)14-3/h7-8,10H,5-6,9H2,1-4H3,(H2,14,16,19,20). The Morgan fingerprint density at radius 1 is 1.45 bits per heavy atom.